The van der Waals surface area contributed by atoms with Crippen molar-refractivity contribution in [1.82, 2.24) is 4.90 Å². The van der Waals surface area contributed by atoms with E-state index in [4.69, 9.17) is 10.8 Å². The molecule has 2 rings (SSSR count). The van der Waals surface area contributed by atoms with Gasteiger partial charge in [-0.2, -0.15) is 0 Å². The molecule has 0 bridgehead atoms. The van der Waals surface area contributed by atoms with Crippen LogP contribution in [0.2, 0.25) is 0 Å². The van der Waals surface area contributed by atoms with Crippen LogP contribution in [-0.4, -0.2) is 41.1 Å². The highest BCUT2D eigenvalue weighted by molar-refractivity contribution is 5.86. The van der Waals surface area contributed by atoms with Crippen LogP contribution in [-0.2, 0) is 4.79 Å². The number of hydrogen-bond donors (Lipinski definition) is 2. The Balaban J connectivity index is 1.94. The summed E-state index contributed by atoms with van der Waals surface area (Å²) in [6, 6.07) is 0. The molecule has 1 unspecified atom stereocenters. The normalized spacial score (nSPS) is 28.4. The molecule has 1 heterocycles. The van der Waals surface area contributed by atoms with Gasteiger partial charge in [-0.25, -0.2) is 0 Å². The van der Waals surface area contributed by atoms with Crippen LogP contribution in [0, 0.1) is 5.92 Å². The lowest BCUT2D eigenvalue weighted by atomic mass is 9.91. The summed E-state index contributed by atoms with van der Waals surface area (Å²) in [5.74, 6) is 0.611. The number of amides is 1. The third kappa shape index (κ3) is 2.80. The summed E-state index contributed by atoms with van der Waals surface area (Å²) in [6.07, 6.45) is 6.82. The van der Waals surface area contributed by atoms with E-state index in [0.29, 0.717) is 5.92 Å². The number of carbonyl (C=O) groups excluding carboxylic acids is 1. The molecule has 0 aromatic heterocycles. The molecule has 1 aliphatic carbocycles. The average Bonchev–Trinajstić information content (AvgIpc) is 2.77. The molecule has 98 valence electrons. The molecular weight excluding hydrogens is 216 g/mol. The maximum absolute atomic E-state index is 12.4. The van der Waals surface area contributed by atoms with Gasteiger partial charge in [-0.05, 0) is 38.0 Å². The minimum absolute atomic E-state index is 0.151. The molecule has 0 aromatic rings. The minimum atomic E-state index is -0.582. The second kappa shape index (κ2) is 5.36. The molecule has 17 heavy (non-hydrogen) atoms. The van der Waals surface area contributed by atoms with Crippen molar-refractivity contribution in [3.05, 3.63) is 0 Å². The molecule has 0 radical (unpaired) electrons. The molecule has 4 nitrogen and oxygen atoms in total. The molecule has 1 amide bonds. The van der Waals surface area contributed by atoms with Gasteiger partial charge in [-0.1, -0.05) is 12.8 Å². The Kier molecular flexibility index (Phi) is 4.05. The molecule has 2 aliphatic rings. The van der Waals surface area contributed by atoms with Crippen molar-refractivity contribution in [3.63, 3.8) is 0 Å². The van der Waals surface area contributed by atoms with Gasteiger partial charge in [-0.15, -0.1) is 0 Å². The van der Waals surface area contributed by atoms with Gasteiger partial charge in [0.25, 0.3) is 0 Å². The number of piperidine rings is 1. The van der Waals surface area contributed by atoms with Gasteiger partial charge in [0.2, 0.25) is 5.91 Å². The zero-order valence-electron chi connectivity index (χ0n) is 10.5. The monoisotopic (exact) mass is 240 g/mol. The van der Waals surface area contributed by atoms with E-state index in [0.717, 1.165) is 58.0 Å². The van der Waals surface area contributed by atoms with Crippen molar-refractivity contribution < 1.29 is 9.90 Å². The second-order valence-electron chi connectivity index (χ2n) is 5.63. The topological polar surface area (TPSA) is 66.6 Å². The molecular formula is C13H24N2O2. The van der Waals surface area contributed by atoms with E-state index in [-0.39, 0.29) is 12.5 Å². The Labute approximate surface area is 103 Å². The first-order chi connectivity index (χ1) is 8.15. The van der Waals surface area contributed by atoms with Crippen LogP contribution < -0.4 is 5.73 Å². The van der Waals surface area contributed by atoms with Gasteiger partial charge in [0.1, 0.15) is 0 Å². The van der Waals surface area contributed by atoms with E-state index in [1.54, 1.807) is 0 Å². The number of aliphatic hydroxyl groups is 1. The first kappa shape index (κ1) is 12.8. The number of rotatable bonds is 3. The number of hydrogen-bond acceptors (Lipinski definition) is 3. The van der Waals surface area contributed by atoms with Crippen LogP contribution in [0.4, 0.5) is 0 Å². The first-order valence-electron chi connectivity index (χ1n) is 6.85. The summed E-state index contributed by atoms with van der Waals surface area (Å²) in [7, 11) is 0. The average molecular weight is 240 g/mol. The zero-order chi connectivity index (χ0) is 12.3. The van der Waals surface area contributed by atoms with E-state index in [2.05, 4.69) is 0 Å². The summed E-state index contributed by atoms with van der Waals surface area (Å²) in [4.78, 5) is 14.3. The van der Waals surface area contributed by atoms with Crippen molar-refractivity contribution in [1.29, 1.82) is 0 Å². The third-order valence-electron chi connectivity index (χ3n) is 4.27. The van der Waals surface area contributed by atoms with Crippen LogP contribution in [0.5, 0.6) is 0 Å². The summed E-state index contributed by atoms with van der Waals surface area (Å²) < 4.78 is 0. The van der Waals surface area contributed by atoms with E-state index in [9.17, 15) is 4.79 Å². The zero-order valence-corrected chi connectivity index (χ0v) is 10.5. The van der Waals surface area contributed by atoms with Crippen LogP contribution in [0.3, 0.4) is 0 Å². The Morgan fingerprint density at radius 3 is 2.71 bits per heavy atom. The summed E-state index contributed by atoms with van der Waals surface area (Å²) >= 11 is 0. The fraction of sp³-hybridized carbons (Fsp3) is 0.923. The fourth-order valence-corrected chi connectivity index (χ4v) is 3.20. The van der Waals surface area contributed by atoms with E-state index in [1.165, 1.54) is 0 Å². The molecule has 1 saturated carbocycles. The van der Waals surface area contributed by atoms with Crippen molar-refractivity contribution in [3.8, 4) is 0 Å². The van der Waals surface area contributed by atoms with Gasteiger partial charge in [0, 0.05) is 19.7 Å². The third-order valence-corrected chi connectivity index (χ3v) is 4.27. The quantitative estimate of drug-likeness (QED) is 0.769. The number of carbonyl (C=O) groups is 1. The molecule has 2 fully saturated rings. The number of aliphatic hydroxyl groups excluding tert-OH is 1. The second-order valence-corrected chi connectivity index (χ2v) is 5.63. The Morgan fingerprint density at radius 1 is 1.35 bits per heavy atom. The SMILES string of the molecule is NC1(C(=O)N2CCCC(CCO)C2)CCCC1. The summed E-state index contributed by atoms with van der Waals surface area (Å²) in [5, 5.41) is 8.98. The first-order valence-corrected chi connectivity index (χ1v) is 6.85. The number of nitrogens with zero attached hydrogens (tertiary/aromatic N) is 1. The molecule has 1 aliphatic heterocycles. The lowest BCUT2D eigenvalue weighted by Gasteiger charge is -2.37. The van der Waals surface area contributed by atoms with Crippen LogP contribution in [0.1, 0.15) is 44.9 Å². The Morgan fingerprint density at radius 2 is 2.06 bits per heavy atom. The van der Waals surface area contributed by atoms with Crippen molar-refractivity contribution >= 4 is 5.91 Å². The maximum atomic E-state index is 12.4. The van der Waals surface area contributed by atoms with E-state index < -0.39 is 5.54 Å². The van der Waals surface area contributed by atoms with E-state index in [1.807, 2.05) is 4.90 Å². The largest absolute Gasteiger partial charge is 0.396 e. The molecule has 0 spiro atoms. The fourth-order valence-electron chi connectivity index (χ4n) is 3.20. The molecule has 4 heteroatoms. The molecule has 1 saturated heterocycles. The van der Waals surface area contributed by atoms with Gasteiger partial charge in [0.15, 0.2) is 0 Å². The highest BCUT2D eigenvalue weighted by atomic mass is 16.3. The molecule has 3 N–H and O–H groups in total. The highest BCUT2D eigenvalue weighted by Crippen LogP contribution is 2.30. The number of nitrogens with two attached hydrogens (primary N) is 1. The van der Waals surface area contributed by atoms with Gasteiger partial charge in [0.05, 0.1) is 5.54 Å². The lowest BCUT2D eigenvalue weighted by Crippen LogP contribution is -2.55. The van der Waals surface area contributed by atoms with E-state index >= 15 is 0 Å². The smallest absolute Gasteiger partial charge is 0.242 e. The van der Waals surface area contributed by atoms with Crippen molar-refractivity contribution in [2.24, 2.45) is 11.7 Å². The number of likely N-dealkylation sites (tertiary alicyclic amines) is 1. The van der Waals surface area contributed by atoms with Crippen LogP contribution in [0.15, 0.2) is 0 Å². The predicted octanol–water partition coefficient (Wildman–Crippen LogP) is 0.879. The summed E-state index contributed by atoms with van der Waals surface area (Å²) in [5.41, 5.74) is 5.63. The minimum Gasteiger partial charge on any atom is -0.396 e. The highest BCUT2D eigenvalue weighted by Gasteiger charge is 2.40. The Hall–Kier alpha value is -0.610. The predicted molar refractivity (Wildman–Crippen MR) is 66.4 cm³/mol. The van der Waals surface area contributed by atoms with Crippen molar-refractivity contribution in [2.45, 2.75) is 50.5 Å². The molecule has 1 atom stereocenters. The standard InChI is InChI=1S/C13H24N2O2/c14-13(6-1-2-7-13)12(17)15-8-3-4-11(10-15)5-9-16/h11,16H,1-10,14H2. The maximum Gasteiger partial charge on any atom is 0.242 e. The lowest BCUT2D eigenvalue weighted by molar-refractivity contribution is -0.138. The van der Waals surface area contributed by atoms with Gasteiger partial charge in [-0.3, -0.25) is 4.79 Å². The van der Waals surface area contributed by atoms with Crippen LogP contribution >= 0.6 is 0 Å². The summed E-state index contributed by atoms with van der Waals surface area (Å²) in [6.45, 7) is 1.86. The van der Waals surface area contributed by atoms with Crippen LogP contribution in [0.25, 0.3) is 0 Å². The molecule has 0 aromatic carbocycles. The van der Waals surface area contributed by atoms with Gasteiger partial charge < -0.3 is 15.7 Å². The van der Waals surface area contributed by atoms with Gasteiger partial charge >= 0.3 is 0 Å². The van der Waals surface area contributed by atoms with Crippen molar-refractivity contribution in [2.75, 3.05) is 19.7 Å². The Bertz CT molecular complexity index is 273.